The first-order valence-corrected chi connectivity index (χ1v) is 7.53. The fourth-order valence-corrected chi connectivity index (χ4v) is 3.01. The second kappa shape index (κ2) is 7.44. The van der Waals surface area contributed by atoms with Gasteiger partial charge in [0.1, 0.15) is 0 Å². The van der Waals surface area contributed by atoms with Gasteiger partial charge in [0.25, 0.3) is 0 Å². The number of carbonyl (C=O) groups is 1. The van der Waals surface area contributed by atoms with Crippen LogP contribution < -0.4 is 5.73 Å². The third-order valence-electron chi connectivity index (χ3n) is 4.46. The van der Waals surface area contributed by atoms with E-state index in [4.69, 9.17) is 5.73 Å². The minimum Gasteiger partial charge on any atom is -0.343 e. The minimum absolute atomic E-state index is 0.207. The van der Waals surface area contributed by atoms with E-state index in [0.29, 0.717) is 12.5 Å². The molecule has 0 aromatic carbocycles. The minimum atomic E-state index is -0.278. The highest BCUT2D eigenvalue weighted by Crippen LogP contribution is 2.58. The molecule has 0 radical (unpaired) electrons. The molecule has 1 unspecified atom stereocenters. The molecule has 0 saturated heterocycles. The molecule has 1 aliphatic rings. The van der Waals surface area contributed by atoms with Crippen molar-refractivity contribution in [1.29, 1.82) is 0 Å². The molecule has 3 heteroatoms. The van der Waals surface area contributed by atoms with Gasteiger partial charge in [-0.1, -0.05) is 43.9 Å². The SMILES string of the molecule is C=C/C=C\C=C/C(C)[C@@]1(C(=O)N(CC)CC)C[C@@H]1CN. The highest BCUT2D eigenvalue weighted by atomic mass is 16.2. The van der Waals surface area contributed by atoms with Crippen molar-refractivity contribution in [3.8, 4) is 0 Å². The van der Waals surface area contributed by atoms with E-state index >= 15 is 0 Å². The Hall–Kier alpha value is -1.35. The van der Waals surface area contributed by atoms with Gasteiger partial charge in [0.2, 0.25) is 5.91 Å². The Morgan fingerprint density at radius 2 is 2.05 bits per heavy atom. The molecule has 20 heavy (non-hydrogen) atoms. The molecule has 2 N–H and O–H groups in total. The van der Waals surface area contributed by atoms with Gasteiger partial charge >= 0.3 is 0 Å². The van der Waals surface area contributed by atoms with Crippen LogP contribution in [0.3, 0.4) is 0 Å². The zero-order valence-corrected chi connectivity index (χ0v) is 13.0. The number of allylic oxidation sites excluding steroid dienone is 5. The maximum absolute atomic E-state index is 12.8. The van der Waals surface area contributed by atoms with Crippen molar-refractivity contribution in [2.75, 3.05) is 19.6 Å². The first kappa shape index (κ1) is 16.7. The lowest BCUT2D eigenvalue weighted by atomic mass is 9.86. The quantitative estimate of drug-likeness (QED) is 0.693. The summed E-state index contributed by atoms with van der Waals surface area (Å²) < 4.78 is 0. The van der Waals surface area contributed by atoms with Crippen LogP contribution in [0.2, 0.25) is 0 Å². The molecule has 1 amide bonds. The Balaban J connectivity index is 2.87. The maximum Gasteiger partial charge on any atom is 0.229 e. The van der Waals surface area contributed by atoms with E-state index in [1.165, 1.54) is 0 Å². The van der Waals surface area contributed by atoms with Crippen LogP contribution in [-0.2, 0) is 4.79 Å². The van der Waals surface area contributed by atoms with Gasteiger partial charge in [-0.2, -0.15) is 0 Å². The molecule has 0 aliphatic heterocycles. The van der Waals surface area contributed by atoms with Crippen molar-refractivity contribution >= 4 is 5.91 Å². The van der Waals surface area contributed by atoms with E-state index in [2.05, 4.69) is 19.6 Å². The van der Waals surface area contributed by atoms with Crippen molar-refractivity contribution in [1.82, 2.24) is 4.90 Å². The second-order valence-electron chi connectivity index (χ2n) is 5.45. The topological polar surface area (TPSA) is 46.3 Å². The molecular formula is C17H28N2O. The van der Waals surface area contributed by atoms with Crippen molar-refractivity contribution in [3.63, 3.8) is 0 Å². The molecule has 0 aromatic rings. The van der Waals surface area contributed by atoms with Gasteiger partial charge in [0.05, 0.1) is 5.41 Å². The highest BCUT2D eigenvalue weighted by Gasteiger charge is 2.62. The van der Waals surface area contributed by atoms with Crippen molar-refractivity contribution in [3.05, 3.63) is 37.0 Å². The summed E-state index contributed by atoms with van der Waals surface area (Å²) in [6.07, 6.45) is 10.6. The average molecular weight is 276 g/mol. The third-order valence-corrected chi connectivity index (χ3v) is 4.46. The van der Waals surface area contributed by atoms with Crippen molar-refractivity contribution < 1.29 is 4.79 Å². The predicted octanol–water partition coefficient (Wildman–Crippen LogP) is 2.75. The highest BCUT2D eigenvalue weighted by molar-refractivity contribution is 5.86. The molecule has 3 nitrogen and oxygen atoms in total. The standard InChI is InChI=1S/C17H28N2O/c1-5-8-9-10-11-14(4)17(12-15(17)13-18)16(20)19(6-2)7-3/h5,8-11,14-15H,1,6-7,12-13,18H2,2-4H3/b9-8-,11-10-/t14?,15-,17+/m1/s1. The van der Waals surface area contributed by atoms with Gasteiger partial charge in [-0.05, 0) is 38.6 Å². The van der Waals surface area contributed by atoms with Crippen molar-refractivity contribution in [2.24, 2.45) is 23.0 Å². The molecule has 1 saturated carbocycles. The zero-order valence-electron chi connectivity index (χ0n) is 13.0. The van der Waals surface area contributed by atoms with Crippen LogP contribution in [0.1, 0.15) is 27.2 Å². The Kier molecular flexibility index (Phi) is 6.21. The van der Waals surface area contributed by atoms with Gasteiger partial charge in [-0.15, -0.1) is 0 Å². The molecule has 0 aromatic heterocycles. The van der Waals surface area contributed by atoms with Crippen LogP contribution in [0.25, 0.3) is 0 Å². The molecule has 0 spiro atoms. The summed E-state index contributed by atoms with van der Waals surface area (Å²) in [7, 11) is 0. The van der Waals surface area contributed by atoms with Crippen LogP contribution >= 0.6 is 0 Å². The van der Waals surface area contributed by atoms with Crippen LogP contribution in [-0.4, -0.2) is 30.4 Å². The number of nitrogens with two attached hydrogens (primary N) is 1. The number of carbonyl (C=O) groups excluding carboxylic acids is 1. The first-order valence-electron chi connectivity index (χ1n) is 7.53. The molecule has 1 fully saturated rings. The van der Waals surface area contributed by atoms with E-state index in [0.717, 1.165) is 19.5 Å². The molecular weight excluding hydrogens is 248 g/mol. The van der Waals surface area contributed by atoms with E-state index in [-0.39, 0.29) is 17.2 Å². The van der Waals surface area contributed by atoms with Crippen LogP contribution in [0, 0.1) is 17.3 Å². The Labute approximate surface area is 123 Å². The predicted molar refractivity (Wildman–Crippen MR) is 85.2 cm³/mol. The summed E-state index contributed by atoms with van der Waals surface area (Å²) in [5, 5.41) is 0. The van der Waals surface area contributed by atoms with E-state index in [1.54, 1.807) is 6.08 Å². The summed E-state index contributed by atoms with van der Waals surface area (Å²) in [5.41, 5.74) is 5.54. The molecule has 3 atom stereocenters. The van der Waals surface area contributed by atoms with Crippen molar-refractivity contribution in [2.45, 2.75) is 27.2 Å². The molecule has 112 valence electrons. The fraction of sp³-hybridized carbons (Fsp3) is 0.588. The lowest BCUT2D eigenvalue weighted by molar-refractivity contribution is -0.138. The van der Waals surface area contributed by atoms with Gasteiger partial charge in [0.15, 0.2) is 0 Å². The smallest absolute Gasteiger partial charge is 0.229 e. The molecule has 1 aliphatic carbocycles. The van der Waals surface area contributed by atoms with E-state index < -0.39 is 0 Å². The van der Waals surface area contributed by atoms with Crippen LogP contribution in [0.4, 0.5) is 0 Å². The summed E-state index contributed by atoms with van der Waals surface area (Å²) >= 11 is 0. The van der Waals surface area contributed by atoms with Crippen LogP contribution in [0.15, 0.2) is 37.0 Å². The van der Waals surface area contributed by atoms with Gasteiger partial charge in [-0.25, -0.2) is 0 Å². The summed E-state index contributed by atoms with van der Waals surface area (Å²) in [6.45, 7) is 11.9. The number of rotatable bonds is 8. The normalized spacial score (nSPS) is 26.9. The number of nitrogens with zero attached hydrogens (tertiary/aromatic N) is 1. The first-order chi connectivity index (χ1) is 9.58. The molecule has 0 bridgehead atoms. The maximum atomic E-state index is 12.8. The lowest BCUT2D eigenvalue weighted by Crippen LogP contribution is -2.41. The van der Waals surface area contributed by atoms with Gasteiger partial charge in [0, 0.05) is 13.1 Å². The largest absolute Gasteiger partial charge is 0.343 e. The fourth-order valence-electron chi connectivity index (χ4n) is 3.01. The summed E-state index contributed by atoms with van der Waals surface area (Å²) in [4.78, 5) is 14.7. The Morgan fingerprint density at radius 1 is 1.40 bits per heavy atom. The summed E-state index contributed by atoms with van der Waals surface area (Å²) in [6, 6.07) is 0. The van der Waals surface area contributed by atoms with Gasteiger partial charge < -0.3 is 10.6 Å². The van der Waals surface area contributed by atoms with Crippen LogP contribution in [0.5, 0.6) is 0 Å². The summed E-state index contributed by atoms with van der Waals surface area (Å²) in [5.74, 6) is 0.792. The monoisotopic (exact) mass is 276 g/mol. The lowest BCUT2D eigenvalue weighted by Gasteiger charge is -2.29. The number of amides is 1. The molecule has 0 heterocycles. The van der Waals surface area contributed by atoms with E-state index in [1.807, 2.05) is 37.0 Å². The van der Waals surface area contributed by atoms with E-state index in [9.17, 15) is 4.79 Å². The number of hydrogen-bond acceptors (Lipinski definition) is 2. The number of hydrogen-bond donors (Lipinski definition) is 1. The third kappa shape index (κ3) is 3.21. The average Bonchev–Trinajstić information content (AvgIpc) is 3.20. The Bertz CT molecular complexity index is 396. The molecule has 1 rings (SSSR count). The van der Waals surface area contributed by atoms with Gasteiger partial charge in [-0.3, -0.25) is 4.79 Å². The Morgan fingerprint density at radius 3 is 2.50 bits per heavy atom. The zero-order chi connectivity index (χ0) is 15.2. The second-order valence-corrected chi connectivity index (χ2v) is 5.45.